The Hall–Kier alpha value is -4.35. The molecule has 0 unspecified atom stereocenters. The topological polar surface area (TPSA) is 110 Å². The predicted octanol–water partition coefficient (Wildman–Crippen LogP) is 5.08. The zero-order chi connectivity index (χ0) is 29.4. The molecule has 42 heavy (non-hydrogen) atoms. The van der Waals surface area contributed by atoms with E-state index in [-0.39, 0.29) is 17.2 Å². The third-order valence-corrected chi connectivity index (χ3v) is 9.65. The monoisotopic (exact) mass is 599 g/mol. The first-order valence-electron chi connectivity index (χ1n) is 13.8. The van der Waals surface area contributed by atoms with Gasteiger partial charge in [-0.15, -0.1) is 11.3 Å². The van der Waals surface area contributed by atoms with Gasteiger partial charge in [-0.1, -0.05) is 42.5 Å². The summed E-state index contributed by atoms with van der Waals surface area (Å²) in [4.78, 5) is 47.2. The van der Waals surface area contributed by atoms with Crippen LogP contribution in [0.15, 0.2) is 87.1 Å². The Morgan fingerprint density at radius 1 is 1.12 bits per heavy atom. The Balaban J connectivity index is 1.48. The van der Waals surface area contributed by atoms with Gasteiger partial charge >= 0.3 is 0 Å². The first-order chi connectivity index (χ1) is 20.3. The van der Waals surface area contributed by atoms with Gasteiger partial charge in [-0.3, -0.25) is 24.3 Å². The molecule has 1 atom stereocenters. The molecule has 11 heteroatoms. The van der Waals surface area contributed by atoms with Gasteiger partial charge in [0.15, 0.2) is 4.80 Å². The molecule has 0 saturated carbocycles. The van der Waals surface area contributed by atoms with Gasteiger partial charge < -0.3 is 10.2 Å². The zero-order valence-corrected chi connectivity index (χ0v) is 24.8. The van der Waals surface area contributed by atoms with Gasteiger partial charge in [0.2, 0.25) is 0 Å². The molecule has 2 aliphatic heterocycles. The number of amides is 1. The lowest BCUT2D eigenvalue weighted by atomic mass is 9.98. The molecule has 4 heterocycles. The number of aromatic nitrogens is 1. The van der Waals surface area contributed by atoms with Crippen LogP contribution in [0.2, 0.25) is 0 Å². The Morgan fingerprint density at radius 2 is 1.88 bits per heavy atom. The van der Waals surface area contributed by atoms with E-state index < -0.39 is 11.0 Å². The van der Waals surface area contributed by atoms with E-state index in [2.05, 4.69) is 17.1 Å². The Kier molecular flexibility index (Phi) is 7.61. The van der Waals surface area contributed by atoms with Crippen LogP contribution in [-0.4, -0.2) is 28.5 Å². The third kappa shape index (κ3) is 5.33. The number of nitro groups is 1. The summed E-state index contributed by atoms with van der Waals surface area (Å²) in [6, 6.07) is 17.2. The highest BCUT2D eigenvalue weighted by molar-refractivity contribution is 7.10. The predicted molar refractivity (Wildman–Crippen MR) is 167 cm³/mol. The van der Waals surface area contributed by atoms with E-state index in [4.69, 9.17) is 4.99 Å². The highest BCUT2D eigenvalue weighted by atomic mass is 32.1. The molecule has 1 N–H and O–H groups in total. The average Bonchev–Trinajstić information content (AvgIpc) is 3.62. The number of hydrogen-bond acceptors (Lipinski definition) is 8. The highest BCUT2D eigenvalue weighted by Gasteiger charge is 2.33. The van der Waals surface area contributed by atoms with E-state index >= 15 is 0 Å². The molecular formula is C31H29N5O4S2. The molecule has 2 aromatic heterocycles. The number of non-ortho nitro benzene ring substituents is 1. The molecular weight excluding hydrogens is 571 g/mol. The number of thiophene rings is 1. The van der Waals surface area contributed by atoms with Crippen molar-refractivity contribution in [3.05, 3.63) is 118 Å². The Labute approximate surface area is 249 Å². The van der Waals surface area contributed by atoms with Gasteiger partial charge in [0.1, 0.15) is 6.04 Å². The van der Waals surface area contributed by atoms with Crippen molar-refractivity contribution < 1.29 is 9.72 Å². The van der Waals surface area contributed by atoms with Gasteiger partial charge in [-0.05, 0) is 61.4 Å². The fourth-order valence-corrected chi connectivity index (χ4v) is 7.36. The quantitative estimate of drug-likeness (QED) is 0.246. The number of carbonyl (C=O) groups excluding carboxylic acids is 1. The molecule has 214 valence electrons. The maximum Gasteiger partial charge on any atom is 0.271 e. The molecule has 2 aromatic carbocycles. The number of nitrogens with one attached hydrogen (secondary N) is 1. The number of fused-ring (bicyclic) bond motifs is 1. The van der Waals surface area contributed by atoms with Crippen molar-refractivity contribution in [1.29, 1.82) is 0 Å². The van der Waals surface area contributed by atoms with Crippen molar-refractivity contribution in [1.82, 2.24) is 4.57 Å². The minimum Gasteiger partial charge on any atom is -0.371 e. The van der Waals surface area contributed by atoms with Crippen molar-refractivity contribution in [2.45, 2.75) is 32.7 Å². The number of piperidine rings is 1. The van der Waals surface area contributed by atoms with Crippen LogP contribution in [0.3, 0.4) is 0 Å². The fraction of sp³-hybridized carbons (Fsp3) is 0.258. The number of benzene rings is 2. The molecule has 9 nitrogen and oxygen atoms in total. The molecule has 1 amide bonds. The number of nitrogens with zero attached hydrogens (tertiary/aromatic N) is 4. The number of thiazole rings is 1. The van der Waals surface area contributed by atoms with Crippen molar-refractivity contribution in [3.63, 3.8) is 0 Å². The minimum atomic E-state index is -0.653. The van der Waals surface area contributed by atoms with Crippen molar-refractivity contribution in [2.75, 3.05) is 23.3 Å². The van der Waals surface area contributed by atoms with Crippen LogP contribution in [-0.2, 0) is 4.79 Å². The number of anilines is 2. The smallest absolute Gasteiger partial charge is 0.271 e. The van der Waals surface area contributed by atoms with Crippen LogP contribution < -0.4 is 25.1 Å². The fourth-order valence-electron chi connectivity index (χ4n) is 5.50. The number of hydrogen-bond donors (Lipinski definition) is 1. The SMILES string of the molecule is CC1=C(C(=O)Nc2ccccc2)[C@@H](c2cccs2)n2c(s/c(=C/c3cc([N+](=O)[O-])ccc3N3CCC(C)CC3)c2=O)=N1. The maximum absolute atomic E-state index is 14.1. The van der Waals surface area contributed by atoms with E-state index in [0.717, 1.165) is 36.5 Å². The standard InChI is InChI=1S/C31H29N5O4S2/c1-19-12-14-34(15-13-19)24-11-10-23(36(39)40)17-21(24)18-26-30(38)35-28(25-9-6-16-41-25)27(20(2)32-31(35)42-26)29(37)33-22-7-4-3-5-8-22/h3-11,16-19,28H,12-15H2,1-2H3,(H,33,37)/b26-18+/t28-/m1/s1. The highest BCUT2D eigenvalue weighted by Crippen LogP contribution is 2.34. The van der Waals surface area contributed by atoms with Gasteiger partial charge in [0.05, 0.1) is 20.7 Å². The van der Waals surface area contributed by atoms with Crippen molar-refractivity contribution in [2.24, 2.45) is 10.9 Å². The van der Waals surface area contributed by atoms with Crippen LogP contribution >= 0.6 is 22.7 Å². The number of para-hydroxylation sites is 1. The molecule has 0 radical (unpaired) electrons. The molecule has 1 fully saturated rings. The van der Waals surface area contributed by atoms with Gasteiger partial charge in [0.25, 0.3) is 17.2 Å². The van der Waals surface area contributed by atoms with Crippen molar-refractivity contribution in [3.8, 4) is 0 Å². The lowest BCUT2D eigenvalue weighted by Crippen LogP contribution is -2.40. The number of nitro benzene ring substituents is 1. The zero-order valence-electron chi connectivity index (χ0n) is 23.1. The summed E-state index contributed by atoms with van der Waals surface area (Å²) in [7, 11) is 0. The van der Waals surface area contributed by atoms with Gasteiger partial charge in [0, 0.05) is 47.0 Å². The lowest BCUT2D eigenvalue weighted by molar-refractivity contribution is -0.384. The molecule has 0 bridgehead atoms. The maximum atomic E-state index is 14.1. The minimum absolute atomic E-state index is 0.0321. The number of allylic oxidation sites excluding steroid dienone is 1. The number of carbonyl (C=O) groups is 1. The summed E-state index contributed by atoms with van der Waals surface area (Å²) in [6.45, 7) is 5.71. The molecule has 0 spiro atoms. The summed E-state index contributed by atoms with van der Waals surface area (Å²) < 4.78 is 1.98. The van der Waals surface area contributed by atoms with Gasteiger partial charge in [-0.2, -0.15) is 0 Å². The van der Waals surface area contributed by atoms with E-state index in [1.807, 2.05) is 47.8 Å². The molecule has 4 aromatic rings. The van der Waals surface area contributed by atoms with E-state index in [1.54, 1.807) is 23.6 Å². The average molecular weight is 600 g/mol. The normalized spacial score (nSPS) is 17.6. The summed E-state index contributed by atoms with van der Waals surface area (Å²) in [5, 5.41) is 16.5. The molecule has 6 rings (SSSR count). The second-order valence-corrected chi connectivity index (χ2v) is 12.6. The largest absolute Gasteiger partial charge is 0.371 e. The second kappa shape index (κ2) is 11.5. The molecule has 1 saturated heterocycles. The van der Waals surface area contributed by atoms with Crippen molar-refractivity contribution >= 4 is 51.7 Å². The molecule has 2 aliphatic rings. The lowest BCUT2D eigenvalue weighted by Gasteiger charge is -2.33. The first kappa shape index (κ1) is 27.8. The van der Waals surface area contributed by atoms with E-state index in [9.17, 15) is 19.7 Å². The summed E-state index contributed by atoms with van der Waals surface area (Å²) in [5.41, 5.74) is 2.75. The van der Waals surface area contributed by atoms with Crippen LogP contribution in [0, 0.1) is 16.0 Å². The van der Waals surface area contributed by atoms with Crippen LogP contribution in [0.25, 0.3) is 6.08 Å². The van der Waals surface area contributed by atoms with E-state index in [1.165, 1.54) is 34.8 Å². The van der Waals surface area contributed by atoms with E-state index in [0.29, 0.717) is 37.8 Å². The Bertz CT molecular complexity index is 1870. The van der Waals surface area contributed by atoms with Crippen LogP contribution in [0.1, 0.15) is 43.2 Å². The summed E-state index contributed by atoms with van der Waals surface area (Å²) >= 11 is 2.70. The first-order valence-corrected chi connectivity index (χ1v) is 15.5. The van der Waals surface area contributed by atoms with Crippen LogP contribution in [0.5, 0.6) is 0 Å². The third-order valence-electron chi connectivity index (χ3n) is 7.74. The van der Waals surface area contributed by atoms with Crippen LogP contribution in [0.4, 0.5) is 17.1 Å². The summed E-state index contributed by atoms with van der Waals surface area (Å²) in [6.07, 6.45) is 3.80. The second-order valence-electron chi connectivity index (χ2n) is 10.6. The summed E-state index contributed by atoms with van der Waals surface area (Å²) in [5.74, 6) is 0.302. The molecule has 0 aliphatic carbocycles. The Morgan fingerprint density at radius 3 is 2.57 bits per heavy atom. The number of rotatable bonds is 6. The van der Waals surface area contributed by atoms with Gasteiger partial charge in [-0.25, -0.2) is 4.99 Å².